The number of carbonyl (C=O) groups excluding carboxylic acids is 1. The van der Waals surface area contributed by atoms with Crippen molar-refractivity contribution in [2.75, 3.05) is 50.0 Å². The van der Waals surface area contributed by atoms with E-state index in [2.05, 4.69) is 14.9 Å². The molecule has 1 aromatic heterocycles. The maximum atomic E-state index is 12.4. The van der Waals surface area contributed by atoms with Crippen molar-refractivity contribution in [3.63, 3.8) is 0 Å². The fourth-order valence-corrected chi connectivity index (χ4v) is 3.75. The average molecular weight is 352 g/mol. The minimum Gasteiger partial charge on any atom is -0.378 e. The predicted octanol–water partition coefficient (Wildman–Crippen LogP) is 1.04. The predicted molar refractivity (Wildman–Crippen MR) is 92.4 cm³/mol. The molecule has 1 aromatic rings. The zero-order valence-electron chi connectivity index (χ0n) is 14.2. The molecule has 2 aliphatic rings. The monoisotopic (exact) mass is 352 g/mol. The summed E-state index contributed by atoms with van der Waals surface area (Å²) in [6, 6.07) is 1.95. The number of carbonyl (C=O) groups is 1. The molecule has 2 fully saturated rings. The van der Waals surface area contributed by atoms with Crippen molar-refractivity contribution in [2.24, 2.45) is 0 Å². The van der Waals surface area contributed by atoms with E-state index in [1.807, 2.05) is 24.8 Å². The van der Waals surface area contributed by atoms with E-state index in [1.54, 1.807) is 6.33 Å². The van der Waals surface area contributed by atoms with E-state index in [4.69, 9.17) is 9.47 Å². The van der Waals surface area contributed by atoms with Crippen LogP contribution in [0.2, 0.25) is 0 Å². The molecule has 0 aromatic carbocycles. The van der Waals surface area contributed by atoms with Gasteiger partial charge in [0, 0.05) is 32.2 Å². The maximum absolute atomic E-state index is 12.4. The molecule has 3 rings (SSSR count). The van der Waals surface area contributed by atoms with Gasteiger partial charge in [-0.05, 0) is 13.8 Å². The summed E-state index contributed by atoms with van der Waals surface area (Å²) in [5, 5.41) is 0.828. The maximum Gasteiger partial charge on any atom is 0.233 e. The van der Waals surface area contributed by atoms with E-state index in [-0.39, 0.29) is 18.1 Å². The van der Waals surface area contributed by atoms with Crippen LogP contribution < -0.4 is 4.90 Å². The second-order valence-electron chi connectivity index (χ2n) is 6.16. The highest BCUT2D eigenvalue weighted by Crippen LogP contribution is 2.21. The molecule has 8 heteroatoms. The number of rotatable bonds is 4. The summed E-state index contributed by atoms with van der Waals surface area (Å²) < 4.78 is 11.0. The Hall–Kier alpha value is -1.38. The number of morpholine rings is 2. The lowest BCUT2D eigenvalue weighted by atomic mass is 10.2. The summed E-state index contributed by atoms with van der Waals surface area (Å²) in [4.78, 5) is 25.1. The number of anilines is 1. The van der Waals surface area contributed by atoms with Gasteiger partial charge in [-0.2, -0.15) is 0 Å². The highest BCUT2D eigenvalue weighted by Gasteiger charge is 2.25. The van der Waals surface area contributed by atoms with Gasteiger partial charge < -0.3 is 19.3 Å². The highest BCUT2D eigenvalue weighted by molar-refractivity contribution is 7.99. The summed E-state index contributed by atoms with van der Waals surface area (Å²) >= 11 is 1.46. The Kier molecular flexibility index (Phi) is 5.91. The van der Waals surface area contributed by atoms with Gasteiger partial charge in [0.05, 0.1) is 31.2 Å². The van der Waals surface area contributed by atoms with Gasteiger partial charge in [-0.15, -0.1) is 0 Å². The number of aromatic nitrogens is 2. The minimum atomic E-state index is 0.0923. The molecular formula is C16H24N4O3S. The Morgan fingerprint density at radius 1 is 1.25 bits per heavy atom. The lowest BCUT2D eigenvalue weighted by Crippen LogP contribution is -2.48. The van der Waals surface area contributed by atoms with Gasteiger partial charge in [0.25, 0.3) is 0 Å². The molecule has 2 unspecified atom stereocenters. The first kappa shape index (κ1) is 17.4. The third-order valence-corrected chi connectivity index (χ3v) is 4.99. The summed E-state index contributed by atoms with van der Waals surface area (Å²) in [5.41, 5.74) is 0. The van der Waals surface area contributed by atoms with Gasteiger partial charge in [-0.3, -0.25) is 4.79 Å². The summed E-state index contributed by atoms with van der Waals surface area (Å²) in [6.45, 7) is 8.44. The fraction of sp³-hybridized carbons (Fsp3) is 0.688. The molecule has 2 atom stereocenters. The molecule has 0 N–H and O–H groups in total. The van der Waals surface area contributed by atoms with Crippen LogP contribution in [0.25, 0.3) is 0 Å². The van der Waals surface area contributed by atoms with E-state index < -0.39 is 0 Å². The van der Waals surface area contributed by atoms with E-state index in [0.717, 1.165) is 37.1 Å². The molecule has 1 amide bonds. The first-order valence-electron chi connectivity index (χ1n) is 8.32. The Labute approximate surface area is 146 Å². The highest BCUT2D eigenvalue weighted by atomic mass is 32.2. The van der Waals surface area contributed by atoms with Gasteiger partial charge >= 0.3 is 0 Å². The second kappa shape index (κ2) is 8.13. The van der Waals surface area contributed by atoms with Crippen LogP contribution in [-0.4, -0.2) is 78.1 Å². The van der Waals surface area contributed by atoms with Crippen molar-refractivity contribution in [1.29, 1.82) is 0 Å². The van der Waals surface area contributed by atoms with E-state index in [0.29, 0.717) is 18.8 Å². The Balaban J connectivity index is 1.55. The van der Waals surface area contributed by atoms with Crippen LogP contribution in [0.5, 0.6) is 0 Å². The van der Waals surface area contributed by atoms with Crippen LogP contribution in [0, 0.1) is 0 Å². The number of thioether (sulfide) groups is 1. The molecule has 0 spiro atoms. The molecule has 2 saturated heterocycles. The van der Waals surface area contributed by atoms with Crippen molar-refractivity contribution < 1.29 is 14.3 Å². The molecule has 0 bridgehead atoms. The normalized spacial score (nSPS) is 24.9. The number of ether oxygens (including phenoxy) is 2. The molecule has 132 valence electrons. The third kappa shape index (κ3) is 4.58. The van der Waals surface area contributed by atoms with Crippen LogP contribution in [0.15, 0.2) is 17.4 Å². The largest absolute Gasteiger partial charge is 0.378 e. The Morgan fingerprint density at radius 3 is 2.67 bits per heavy atom. The van der Waals surface area contributed by atoms with Gasteiger partial charge in [0.1, 0.15) is 17.2 Å². The topological polar surface area (TPSA) is 67.8 Å². The molecule has 0 saturated carbocycles. The van der Waals surface area contributed by atoms with Crippen molar-refractivity contribution in [3.8, 4) is 0 Å². The Morgan fingerprint density at radius 2 is 1.96 bits per heavy atom. The molecule has 2 aliphatic heterocycles. The number of hydrogen-bond donors (Lipinski definition) is 0. The number of amides is 1. The Bertz CT molecular complexity index is 558. The van der Waals surface area contributed by atoms with Gasteiger partial charge in [-0.25, -0.2) is 9.97 Å². The molecule has 0 aliphatic carbocycles. The molecule has 7 nitrogen and oxygen atoms in total. The van der Waals surface area contributed by atoms with Crippen LogP contribution >= 0.6 is 11.8 Å². The van der Waals surface area contributed by atoms with Crippen molar-refractivity contribution in [1.82, 2.24) is 14.9 Å². The van der Waals surface area contributed by atoms with E-state index in [9.17, 15) is 4.79 Å². The molecule has 24 heavy (non-hydrogen) atoms. The molecule has 0 radical (unpaired) electrons. The number of hydrogen-bond acceptors (Lipinski definition) is 7. The van der Waals surface area contributed by atoms with E-state index >= 15 is 0 Å². The second-order valence-corrected chi connectivity index (χ2v) is 7.15. The van der Waals surface area contributed by atoms with Gasteiger partial charge in [0.15, 0.2) is 0 Å². The quantitative estimate of drug-likeness (QED) is 0.592. The fourth-order valence-electron chi connectivity index (χ4n) is 2.98. The van der Waals surface area contributed by atoms with Crippen LogP contribution in [0.1, 0.15) is 13.8 Å². The molecular weight excluding hydrogens is 328 g/mol. The average Bonchev–Trinajstić information content (AvgIpc) is 2.60. The van der Waals surface area contributed by atoms with Crippen LogP contribution in [-0.2, 0) is 14.3 Å². The van der Waals surface area contributed by atoms with Gasteiger partial charge in [0.2, 0.25) is 5.91 Å². The number of nitrogens with zero attached hydrogens (tertiary/aromatic N) is 4. The van der Waals surface area contributed by atoms with Crippen molar-refractivity contribution >= 4 is 23.5 Å². The SMILES string of the molecule is CC1CN(C(=O)CSc2cc(N3CCOCC3)ncn2)CC(C)O1. The first-order valence-corrected chi connectivity index (χ1v) is 9.31. The lowest BCUT2D eigenvalue weighted by Gasteiger charge is -2.35. The van der Waals surface area contributed by atoms with Crippen molar-refractivity contribution in [2.45, 2.75) is 31.1 Å². The standard InChI is InChI=1S/C16H24N4O3S/c1-12-8-20(9-13(2)23-12)16(21)10-24-15-7-14(17-11-18-15)19-3-5-22-6-4-19/h7,11-13H,3-6,8-10H2,1-2H3. The first-order chi connectivity index (χ1) is 11.6. The summed E-state index contributed by atoms with van der Waals surface area (Å²) in [7, 11) is 0. The van der Waals surface area contributed by atoms with Crippen molar-refractivity contribution in [3.05, 3.63) is 12.4 Å². The van der Waals surface area contributed by atoms with Gasteiger partial charge in [-0.1, -0.05) is 11.8 Å². The zero-order valence-corrected chi connectivity index (χ0v) is 15.0. The van der Waals surface area contributed by atoms with Crippen LogP contribution in [0.3, 0.4) is 0 Å². The lowest BCUT2D eigenvalue weighted by molar-refractivity contribution is -0.140. The minimum absolute atomic E-state index is 0.0923. The smallest absolute Gasteiger partial charge is 0.233 e. The zero-order chi connectivity index (χ0) is 16.9. The molecule has 3 heterocycles. The summed E-state index contributed by atoms with van der Waals surface area (Å²) in [6.07, 6.45) is 1.75. The van der Waals surface area contributed by atoms with E-state index in [1.165, 1.54) is 11.8 Å². The van der Waals surface area contributed by atoms with Crippen LogP contribution in [0.4, 0.5) is 5.82 Å². The third-order valence-electron chi connectivity index (χ3n) is 4.08. The summed E-state index contributed by atoms with van der Waals surface area (Å²) in [5.74, 6) is 1.42.